The maximum atomic E-state index is 10.7. The van der Waals surface area contributed by atoms with Crippen molar-refractivity contribution >= 4 is 18.6 Å². The molecule has 0 aliphatic heterocycles. The van der Waals surface area contributed by atoms with Crippen molar-refractivity contribution in [3.05, 3.63) is 12.7 Å². The van der Waals surface area contributed by atoms with Crippen LogP contribution in [0, 0.1) is 0 Å². The van der Waals surface area contributed by atoms with Crippen molar-refractivity contribution in [3.63, 3.8) is 0 Å². The van der Waals surface area contributed by atoms with E-state index in [0.717, 1.165) is 25.3 Å². The van der Waals surface area contributed by atoms with Crippen LogP contribution in [0.1, 0.15) is 32.6 Å². The van der Waals surface area contributed by atoms with E-state index in [1.54, 1.807) is 0 Å². The lowest BCUT2D eigenvalue weighted by Crippen LogP contribution is -2.27. The molecular formula is C9H16O3S. The molecule has 3 nitrogen and oxygen atoms in total. The molecule has 0 saturated carbocycles. The first-order valence-corrected chi connectivity index (χ1v) is 4.76. The van der Waals surface area contributed by atoms with Crippen LogP contribution in [0.25, 0.3) is 0 Å². The number of aliphatic hydroxyl groups is 1. The number of unbranched alkanes of at least 4 members (excludes halogenated alkanes) is 2. The summed E-state index contributed by atoms with van der Waals surface area (Å²) in [6.07, 6.45) is 4.14. The molecule has 0 radical (unpaired) electrons. The summed E-state index contributed by atoms with van der Waals surface area (Å²) in [7, 11) is 0. The maximum absolute atomic E-state index is 10.7. The molecule has 13 heavy (non-hydrogen) atoms. The van der Waals surface area contributed by atoms with Gasteiger partial charge in [0.05, 0.1) is 0 Å². The number of rotatable bonds is 6. The van der Waals surface area contributed by atoms with Gasteiger partial charge in [0.25, 0.3) is 5.12 Å². The van der Waals surface area contributed by atoms with Gasteiger partial charge in [-0.25, -0.2) is 4.79 Å². The van der Waals surface area contributed by atoms with Gasteiger partial charge in [-0.3, -0.25) is 0 Å². The molecule has 1 unspecified atom stereocenters. The number of ether oxygens (including phenoxy) is 1. The van der Waals surface area contributed by atoms with Gasteiger partial charge >= 0.3 is 5.97 Å². The number of carbonyl (C=O) groups excluding carboxylic acids is 1. The van der Waals surface area contributed by atoms with Gasteiger partial charge in [-0.05, 0) is 6.42 Å². The highest BCUT2D eigenvalue weighted by Crippen LogP contribution is 2.20. The lowest BCUT2D eigenvalue weighted by Gasteiger charge is -2.21. The Morgan fingerprint density at radius 3 is 2.77 bits per heavy atom. The molecule has 0 aliphatic rings. The van der Waals surface area contributed by atoms with Gasteiger partial charge in [-0.1, -0.05) is 26.3 Å². The van der Waals surface area contributed by atoms with Crippen molar-refractivity contribution in [3.8, 4) is 0 Å². The van der Waals surface area contributed by atoms with E-state index < -0.39 is 11.1 Å². The Bertz CT molecular complexity index is 178. The predicted octanol–water partition coefficient (Wildman–Crippen LogP) is 1.87. The van der Waals surface area contributed by atoms with Gasteiger partial charge < -0.3 is 9.84 Å². The van der Waals surface area contributed by atoms with Crippen LogP contribution in [0.4, 0.5) is 0 Å². The molecule has 0 aromatic heterocycles. The molecule has 1 N–H and O–H groups in total. The van der Waals surface area contributed by atoms with Crippen LogP contribution < -0.4 is 0 Å². The largest absolute Gasteiger partial charge is 0.420 e. The quantitative estimate of drug-likeness (QED) is 0.228. The van der Waals surface area contributed by atoms with Gasteiger partial charge in [0.15, 0.2) is 0 Å². The second kappa shape index (κ2) is 6.05. The Morgan fingerprint density at radius 2 is 2.31 bits per heavy atom. The highest BCUT2D eigenvalue weighted by atomic mass is 32.1. The number of carbonyl (C=O) groups is 1. The van der Waals surface area contributed by atoms with Crippen LogP contribution >= 0.6 is 12.6 Å². The molecule has 0 aromatic rings. The fourth-order valence-electron chi connectivity index (χ4n) is 0.859. The molecule has 76 valence electrons. The zero-order valence-electron chi connectivity index (χ0n) is 7.82. The average Bonchev–Trinajstić information content (AvgIpc) is 2.03. The fourth-order valence-corrected chi connectivity index (χ4v) is 1.11. The number of hydrogen-bond donors (Lipinski definition) is 2. The molecule has 0 spiro atoms. The van der Waals surface area contributed by atoms with Gasteiger partial charge in [-0.15, -0.1) is 12.6 Å². The van der Waals surface area contributed by atoms with Crippen LogP contribution in [-0.2, 0) is 9.53 Å². The molecule has 4 heteroatoms. The standard InChI is InChI=1S/C9H16O3S/c1-3-5-6-7-9(11,13)12-8(10)4-2/h4,11,13H,2-3,5-7H2,1H3. The average molecular weight is 204 g/mol. The van der Waals surface area contributed by atoms with Crippen molar-refractivity contribution in [2.75, 3.05) is 0 Å². The molecular weight excluding hydrogens is 188 g/mol. The first-order chi connectivity index (χ1) is 6.02. The first-order valence-electron chi connectivity index (χ1n) is 4.32. The normalized spacial score (nSPS) is 14.7. The molecule has 0 bridgehead atoms. The van der Waals surface area contributed by atoms with Gasteiger partial charge in [0.2, 0.25) is 0 Å². The van der Waals surface area contributed by atoms with E-state index in [2.05, 4.69) is 23.9 Å². The minimum atomic E-state index is -1.65. The van der Waals surface area contributed by atoms with E-state index in [0.29, 0.717) is 6.42 Å². The van der Waals surface area contributed by atoms with Crippen LogP contribution in [-0.4, -0.2) is 16.2 Å². The smallest absolute Gasteiger partial charge is 0.333 e. The van der Waals surface area contributed by atoms with Gasteiger partial charge in [0, 0.05) is 12.5 Å². The molecule has 0 aliphatic carbocycles. The minimum Gasteiger partial charge on any atom is -0.420 e. The number of hydrogen-bond acceptors (Lipinski definition) is 4. The first kappa shape index (κ1) is 12.5. The summed E-state index contributed by atoms with van der Waals surface area (Å²) in [5.41, 5.74) is 0. The van der Waals surface area contributed by atoms with E-state index in [1.165, 1.54) is 0 Å². The fraction of sp³-hybridized carbons (Fsp3) is 0.667. The van der Waals surface area contributed by atoms with E-state index in [-0.39, 0.29) is 0 Å². The molecule has 0 aromatic carbocycles. The third-order valence-corrected chi connectivity index (χ3v) is 1.85. The van der Waals surface area contributed by atoms with Crippen LogP contribution in [0.15, 0.2) is 12.7 Å². The number of thiol groups is 1. The van der Waals surface area contributed by atoms with Crippen LogP contribution in [0.3, 0.4) is 0 Å². The Balaban J connectivity index is 3.78. The highest BCUT2D eigenvalue weighted by Gasteiger charge is 2.24. The van der Waals surface area contributed by atoms with E-state index >= 15 is 0 Å². The maximum Gasteiger partial charge on any atom is 0.333 e. The summed E-state index contributed by atoms with van der Waals surface area (Å²) >= 11 is 3.82. The molecule has 0 amide bonds. The SMILES string of the molecule is C=CC(=O)OC(O)(S)CCCCC. The minimum absolute atomic E-state index is 0.337. The summed E-state index contributed by atoms with van der Waals surface area (Å²) < 4.78 is 4.60. The third-order valence-electron chi connectivity index (χ3n) is 1.54. The number of esters is 1. The zero-order chi connectivity index (χ0) is 10.3. The molecule has 1 atom stereocenters. The third kappa shape index (κ3) is 6.66. The van der Waals surface area contributed by atoms with Gasteiger partial charge in [0.1, 0.15) is 0 Å². The highest BCUT2D eigenvalue weighted by molar-refractivity contribution is 7.81. The summed E-state index contributed by atoms with van der Waals surface area (Å²) in [6, 6.07) is 0. The Labute approximate surface area is 84.2 Å². The van der Waals surface area contributed by atoms with Crippen LogP contribution in [0.2, 0.25) is 0 Å². The predicted molar refractivity (Wildman–Crippen MR) is 54.4 cm³/mol. The molecule has 0 saturated heterocycles. The van der Waals surface area contributed by atoms with Crippen molar-refractivity contribution in [2.45, 2.75) is 37.7 Å². The van der Waals surface area contributed by atoms with Crippen molar-refractivity contribution in [1.82, 2.24) is 0 Å². The molecule has 0 fully saturated rings. The lowest BCUT2D eigenvalue weighted by molar-refractivity contribution is -0.171. The second-order valence-corrected chi connectivity index (χ2v) is 3.52. The van der Waals surface area contributed by atoms with Crippen molar-refractivity contribution < 1.29 is 14.6 Å². The van der Waals surface area contributed by atoms with Crippen molar-refractivity contribution in [1.29, 1.82) is 0 Å². The Kier molecular flexibility index (Phi) is 5.82. The molecule has 0 rings (SSSR count). The summed E-state index contributed by atoms with van der Waals surface area (Å²) in [4.78, 5) is 10.7. The summed E-state index contributed by atoms with van der Waals surface area (Å²) in [5, 5.41) is 7.76. The summed E-state index contributed by atoms with van der Waals surface area (Å²) in [5.74, 6) is -0.658. The van der Waals surface area contributed by atoms with Crippen LogP contribution in [0.5, 0.6) is 0 Å². The van der Waals surface area contributed by atoms with Gasteiger partial charge in [-0.2, -0.15) is 0 Å². The monoisotopic (exact) mass is 204 g/mol. The Hall–Kier alpha value is -0.480. The van der Waals surface area contributed by atoms with E-state index in [1.807, 2.05) is 6.92 Å². The van der Waals surface area contributed by atoms with E-state index in [9.17, 15) is 9.90 Å². The second-order valence-electron chi connectivity index (χ2n) is 2.83. The molecule has 0 heterocycles. The summed E-state index contributed by atoms with van der Waals surface area (Å²) in [6.45, 7) is 5.27. The zero-order valence-corrected chi connectivity index (χ0v) is 8.72. The van der Waals surface area contributed by atoms with Crippen molar-refractivity contribution in [2.24, 2.45) is 0 Å². The Morgan fingerprint density at radius 1 is 1.69 bits per heavy atom. The lowest BCUT2D eigenvalue weighted by atomic mass is 10.2. The topological polar surface area (TPSA) is 46.5 Å². The van der Waals surface area contributed by atoms with E-state index in [4.69, 9.17) is 0 Å².